The van der Waals surface area contributed by atoms with Crippen LogP contribution in [0.5, 0.6) is 5.75 Å². The van der Waals surface area contributed by atoms with Crippen LogP contribution in [0.1, 0.15) is 143 Å². The van der Waals surface area contributed by atoms with E-state index in [0.29, 0.717) is 12.3 Å². The van der Waals surface area contributed by atoms with Crippen molar-refractivity contribution in [3.8, 4) is 5.75 Å². The van der Waals surface area contributed by atoms with Crippen molar-refractivity contribution >= 4 is 26.5 Å². The fraction of sp³-hybridized carbons (Fsp3) is 0.757. The number of carbonyl (C=O) groups excluding carboxylic acids is 1. The monoisotopic (exact) mass is 696 g/mol. The average Bonchev–Trinajstić information content (AvgIpc) is 3.36. The molecule has 1 aromatic carbocycles. The highest BCUT2D eigenvalue weighted by Crippen LogP contribution is 2.36. The lowest BCUT2D eigenvalue weighted by molar-refractivity contribution is -0.0488. The summed E-state index contributed by atoms with van der Waals surface area (Å²) >= 11 is 1.86. The van der Waals surface area contributed by atoms with E-state index < -0.39 is 20.8 Å². The summed E-state index contributed by atoms with van der Waals surface area (Å²) in [7, 11) is -2.16. The number of ether oxygens (including phenoxy) is 2. The number of unbranched alkanes of at least 4 members (excludes halogenated alkanes) is 15. The lowest BCUT2D eigenvalue weighted by atomic mass is 10.0. The van der Waals surface area contributed by atoms with E-state index in [1.807, 2.05) is 49.9 Å². The molecule has 2 rings (SSSR count). The normalized spacial score (nSPS) is 14.6. The van der Waals surface area contributed by atoms with Crippen molar-refractivity contribution in [2.24, 2.45) is 0 Å². The first-order valence-electron chi connectivity index (χ1n) is 18.3. The predicted octanol–water partition coefficient (Wildman–Crippen LogP) is 10.8. The van der Waals surface area contributed by atoms with Crippen LogP contribution in [0.2, 0.25) is 0 Å². The molecule has 0 fully saturated rings. The van der Waals surface area contributed by atoms with Crippen LogP contribution in [0.4, 0.5) is 4.79 Å². The molecule has 0 aliphatic carbocycles. The van der Waals surface area contributed by atoms with Gasteiger partial charge >= 0.3 is 14.7 Å². The number of thioether (sulfide) groups is 1. The number of hydrogen-bond acceptors (Lipinski definition) is 8. The lowest BCUT2D eigenvalue weighted by Gasteiger charge is -2.21. The molecule has 2 N–H and O–H groups in total. The quantitative estimate of drug-likeness (QED) is 0.0661. The molecule has 2 unspecified atom stereocenters. The molecule has 0 saturated heterocycles. The van der Waals surface area contributed by atoms with Gasteiger partial charge < -0.3 is 29.1 Å². The zero-order chi connectivity index (χ0) is 34.1. The highest BCUT2D eigenvalue weighted by molar-refractivity contribution is 8.03. The second-order valence-corrected chi connectivity index (χ2v) is 15.1. The molecule has 2 atom stereocenters. The Bertz CT molecular complexity index is 980. The Hall–Kier alpha value is -1.51. The number of allylic oxidation sites excluding steroid dienone is 2. The van der Waals surface area contributed by atoms with Crippen molar-refractivity contribution in [1.82, 2.24) is 10.2 Å². The molecule has 1 aliphatic rings. The van der Waals surface area contributed by atoms with Gasteiger partial charge in [-0.1, -0.05) is 115 Å². The number of amides is 1. The van der Waals surface area contributed by atoms with Crippen molar-refractivity contribution in [1.29, 1.82) is 0 Å². The molecule has 8 nitrogen and oxygen atoms in total. The minimum atomic E-state index is -2.16. The molecule has 0 saturated carbocycles. The van der Waals surface area contributed by atoms with Gasteiger partial charge in [0.15, 0.2) is 0 Å². The molecule has 0 aromatic heterocycles. The van der Waals surface area contributed by atoms with E-state index >= 15 is 0 Å². The largest absolute Gasteiger partial charge is 0.447 e. The summed E-state index contributed by atoms with van der Waals surface area (Å²) in [5.74, 6) is 1.50. The van der Waals surface area contributed by atoms with E-state index in [1.165, 1.54) is 106 Å². The van der Waals surface area contributed by atoms with Gasteiger partial charge in [-0.3, -0.25) is 4.52 Å². The maximum absolute atomic E-state index is 12.2. The van der Waals surface area contributed by atoms with Crippen LogP contribution in [0.15, 0.2) is 34.9 Å². The summed E-state index contributed by atoms with van der Waals surface area (Å²) in [6.45, 7) is 11.9. The van der Waals surface area contributed by atoms with Gasteiger partial charge in [0.25, 0.3) is 0 Å². The molecule has 270 valence electrons. The third-order valence-electron chi connectivity index (χ3n) is 8.44. The fourth-order valence-corrected chi connectivity index (χ4v) is 7.12. The Kier molecular flexibility index (Phi) is 23.4. The van der Waals surface area contributed by atoms with Crippen molar-refractivity contribution in [2.75, 3.05) is 25.6 Å². The highest BCUT2D eigenvalue weighted by atomic mass is 32.2. The first kappa shape index (κ1) is 41.7. The molecule has 0 bridgehead atoms. The summed E-state index contributed by atoms with van der Waals surface area (Å²) in [4.78, 5) is 26.3. The van der Waals surface area contributed by atoms with Crippen molar-refractivity contribution in [3.63, 3.8) is 0 Å². The smallest absolute Gasteiger partial charge is 0.407 e. The van der Waals surface area contributed by atoms with Crippen LogP contribution in [0.25, 0.3) is 0 Å². The van der Waals surface area contributed by atoms with E-state index in [9.17, 15) is 9.69 Å². The Balaban J connectivity index is 1.49. The van der Waals surface area contributed by atoms with Gasteiger partial charge in [-0.2, -0.15) is 0 Å². The number of nitrogens with zero attached hydrogens (tertiary/aromatic N) is 1. The van der Waals surface area contributed by atoms with E-state index in [-0.39, 0.29) is 19.3 Å². The topological polar surface area (TPSA) is 89.5 Å². The van der Waals surface area contributed by atoms with Crippen LogP contribution >= 0.6 is 20.4 Å². The van der Waals surface area contributed by atoms with Crippen molar-refractivity contribution in [3.05, 3.63) is 40.4 Å². The number of benzene rings is 1. The van der Waals surface area contributed by atoms with Crippen LogP contribution in [0.3, 0.4) is 0 Å². The minimum absolute atomic E-state index is 0.0307. The summed E-state index contributed by atoms with van der Waals surface area (Å²) in [5.41, 5.74) is 2.49. The zero-order valence-corrected chi connectivity index (χ0v) is 31.8. The number of rotatable bonds is 28. The van der Waals surface area contributed by atoms with E-state index in [0.717, 1.165) is 25.3 Å². The van der Waals surface area contributed by atoms with Crippen LogP contribution in [-0.4, -0.2) is 53.7 Å². The molecular weight excluding hydrogens is 631 g/mol. The second-order valence-electron chi connectivity index (χ2n) is 13.0. The Morgan fingerprint density at radius 3 is 1.94 bits per heavy atom. The maximum atomic E-state index is 12.2. The molecule has 1 aromatic rings. The van der Waals surface area contributed by atoms with E-state index in [4.69, 9.17) is 18.5 Å². The third kappa shape index (κ3) is 20.6. The molecule has 0 radical (unpaired) electrons. The Morgan fingerprint density at radius 1 is 0.872 bits per heavy atom. The van der Waals surface area contributed by atoms with Gasteiger partial charge in [0.2, 0.25) is 0 Å². The Labute approximate surface area is 292 Å². The Morgan fingerprint density at radius 2 is 1.43 bits per heavy atom. The molecule has 0 spiro atoms. The molecular formula is C37H65N2O6PS. The number of nitrogens with one attached hydrogen (secondary N) is 1. The second kappa shape index (κ2) is 26.4. The number of alkyl carbamates (subject to hydrolysis) is 1. The number of hydrogen-bond donors (Lipinski definition) is 2. The summed E-state index contributed by atoms with van der Waals surface area (Å²) < 4.78 is 22.4. The maximum Gasteiger partial charge on any atom is 0.407 e. The van der Waals surface area contributed by atoms with Crippen molar-refractivity contribution < 1.29 is 28.2 Å². The van der Waals surface area contributed by atoms with Gasteiger partial charge in [-0.15, -0.1) is 11.8 Å². The minimum Gasteiger partial charge on any atom is -0.447 e. The van der Waals surface area contributed by atoms with Gasteiger partial charge in [0, 0.05) is 23.7 Å². The molecule has 1 aliphatic heterocycles. The first-order chi connectivity index (χ1) is 22.8. The summed E-state index contributed by atoms with van der Waals surface area (Å²) in [6.07, 6.45) is 20.1. The molecule has 1 amide bonds. The predicted molar refractivity (Wildman–Crippen MR) is 197 cm³/mol. The van der Waals surface area contributed by atoms with Crippen molar-refractivity contribution in [2.45, 2.75) is 156 Å². The van der Waals surface area contributed by atoms with E-state index in [2.05, 4.69) is 31.0 Å². The van der Waals surface area contributed by atoms with Gasteiger partial charge in [0.1, 0.15) is 18.5 Å². The molecule has 10 heteroatoms. The summed E-state index contributed by atoms with van der Waals surface area (Å²) in [5, 5.41) is 2.84. The first-order valence-corrected chi connectivity index (χ1v) is 20.4. The lowest BCUT2D eigenvalue weighted by Crippen LogP contribution is -2.33. The van der Waals surface area contributed by atoms with Gasteiger partial charge in [-0.05, 0) is 51.8 Å². The zero-order valence-electron chi connectivity index (χ0n) is 30.1. The highest BCUT2D eigenvalue weighted by Gasteiger charge is 2.20. The van der Waals surface area contributed by atoms with Crippen LogP contribution < -0.4 is 9.84 Å². The summed E-state index contributed by atoms with van der Waals surface area (Å²) in [6, 6.07) is 7.69. The van der Waals surface area contributed by atoms with Gasteiger partial charge in [0.05, 0.1) is 18.6 Å². The molecule has 1 heterocycles. The van der Waals surface area contributed by atoms with E-state index in [1.54, 1.807) is 0 Å². The SMILES string of the molecule is CCCCCCCCCCCCCCCCCCNC(=O)OCC(COP(O)Oc1ccc(CN2CSC(C)=C2C)cc1)OC(C)C. The number of carbonyl (C=O) groups is 1. The van der Waals surface area contributed by atoms with Crippen LogP contribution in [-0.2, 0) is 20.5 Å². The standard InChI is InChI=1S/C37H65N2O6PS/c1-6-7-8-9-10-11-12-13-14-15-16-17-18-19-20-21-26-38-37(40)42-28-36(44-31(2)3)29-43-46(41)45-35-24-22-34(23-25-35)27-39-30-47-33(5)32(39)4/h22-25,31,36,41H,6-21,26-30H2,1-5H3,(H,38,40). The fourth-order valence-electron chi connectivity index (χ4n) is 5.50. The van der Waals surface area contributed by atoms with Gasteiger partial charge in [-0.25, -0.2) is 4.79 Å². The average molecular weight is 697 g/mol. The van der Waals surface area contributed by atoms with Crippen LogP contribution in [0, 0.1) is 0 Å². The molecule has 47 heavy (non-hydrogen) atoms. The third-order valence-corrected chi connectivity index (χ3v) is 10.3.